The van der Waals surface area contributed by atoms with Gasteiger partial charge in [0.15, 0.2) is 11.6 Å². The highest BCUT2D eigenvalue weighted by Crippen LogP contribution is 2.25. The first-order valence-corrected chi connectivity index (χ1v) is 5.95. The van der Waals surface area contributed by atoms with Gasteiger partial charge in [-0.25, -0.2) is 9.37 Å². The average Bonchev–Trinajstić information content (AvgIpc) is 2.40. The van der Waals surface area contributed by atoms with E-state index >= 15 is 0 Å². The zero-order chi connectivity index (χ0) is 13.8. The van der Waals surface area contributed by atoms with E-state index in [1.54, 1.807) is 6.07 Å². The number of rotatable bonds is 4. The second-order valence-corrected chi connectivity index (χ2v) is 4.10. The highest BCUT2D eigenvalue weighted by atomic mass is 19.1. The Bertz CT molecular complexity index is 588. The molecule has 2 aromatic rings. The number of aryl methyl sites for hydroxylation is 1. The number of nitrogens with two attached hydrogens (primary N) is 1. The van der Waals surface area contributed by atoms with Gasteiger partial charge < -0.3 is 15.6 Å². The number of halogens is 1. The minimum absolute atomic E-state index is 0.0468. The van der Waals surface area contributed by atoms with Crippen molar-refractivity contribution >= 4 is 5.82 Å². The van der Waals surface area contributed by atoms with Crippen LogP contribution in [0.1, 0.15) is 18.1 Å². The molecule has 5 heteroatoms. The summed E-state index contributed by atoms with van der Waals surface area (Å²) in [4.78, 5) is 3.76. The van der Waals surface area contributed by atoms with E-state index in [4.69, 9.17) is 10.5 Å². The third-order valence-corrected chi connectivity index (χ3v) is 2.84. The normalized spacial score (nSPS) is 10.4. The number of benzene rings is 1. The first-order valence-electron chi connectivity index (χ1n) is 5.95. The molecule has 0 spiro atoms. The number of nitrogen functional groups attached to an aromatic ring is 1. The van der Waals surface area contributed by atoms with Crippen LogP contribution >= 0.6 is 0 Å². The monoisotopic (exact) mass is 262 g/mol. The van der Waals surface area contributed by atoms with Crippen LogP contribution < -0.4 is 10.5 Å². The van der Waals surface area contributed by atoms with Crippen molar-refractivity contribution in [2.45, 2.75) is 20.0 Å². The van der Waals surface area contributed by atoms with E-state index in [-0.39, 0.29) is 29.7 Å². The second kappa shape index (κ2) is 5.56. The van der Waals surface area contributed by atoms with E-state index in [1.807, 2.05) is 13.0 Å². The molecule has 0 bridgehead atoms. The van der Waals surface area contributed by atoms with Crippen molar-refractivity contribution in [1.82, 2.24) is 4.98 Å². The van der Waals surface area contributed by atoms with E-state index in [0.29, 0.717) is 12.0 Å². The van der Waals surface area contributed by atoms with Crippen molar-refractivity contribution in [1.29, 1.82) is 0 Å². The van der Waals surface area contributed by atoms with E-state index in [2.05, 4.69) is 4.98 Å². The zero-order valence-corrected chi connectivity index (χ0v) is 10.6. The van der Waals surface area contributed by atoms with E-state index < -0.39 is 0 Å². The highest BCUT2D eigenvalue weighted by Gasteiger charge is 2.10. The Hall–Kier alpha value is -2.30. The van der Waals surface area contributed by atoms with Gasteiger partial charge in [-0.2, -0.15) is 0 Å². The molecule has 0 atom stereocenters. The Morgan fingerprint density at radius 3 is 2.95 bits per heavy atom. The van der Waals surface area contributed by atoms with Gasteiger partial charge >= 0.3 is 0 Å². The number of aromatic hydroxyl groups is 1. The van der Waals surface area contributed by atoms with Crippen LogP contribution in [-0.2, 0) is 13.0 Å². The Morgan fingerprint density at radius 1 is 1.42 bits per heavy atom. The summed E-state index contributed by atoms with van der Waals surface area (Å²) in [7, 11) is 0. The maximum Gasteiger partial charge on any atom is 0.166 e. The third-order valence-electron chi connectivity index (χ3n) is 2.84. The smallest absolute Gasteiger partial charge is 0.166 e. The fraction of sp³-hybridized carbons (Fsp3) is 0.214. The molecule has 2 rings (SSSR count). The predicted octanol–water partition coefficient (Wildman–Crippen LogP) is 2.65. The maximum atomic E-state index is 13.7. The highest BCUT2D eigenvalue weighted by molar-refractivity contribution is 5.48. The molecule has 0 saturated heterocycles. The van der Waals surface area contributed by atoms with Gasteiger partial charge in [-0.1, -0.05) is 19.1 Å². The lowest BCUT2D eigenvalue weighted by Gasteiger charge is -2.12. The first-order chi connectivity index (χ1) is 9.11. The van der Waals surface area contributed by atoms with Crippen LogP contribution in [0.2, 0.25) is 0 Å². The Morgan fingerprint density at radius 2 is 2.21 bits per heavy atom. The van der Waals surface area contributed by atoms with Gasteiger partial charge in [0.25, 0.3) is 0 Å². The van der Waals surface area contributed by atoms with Crippen LogP contribution in [0.4, 0.5) is 10.2 Å². The molecule has 0 saturated carbocycles. The molecule has 4 nitrogen and oxygen atoms in total. The van der Waals surface area contributed by atoms with Gasteiger partial charge in [0.2, 0.25) is 0 Å². The van der Waals surface area contributed by atoms with E-state index in [9.17, 15) is 9.50 Å². The lowest BCUT2D eigenvalue weighted by Crippen LogP contribution is -2.05. The molecule has 0 amide bonds. The van der Waals surface area contributed by atoms with Crippen molar-refractivity contribution in [3.63, 3.8) is 0 Å². The average molecular weight is 262 g/mol. The number of anilines is 1. The van der Waals surface area contributed by atoms with E-state index in [1.165, 1.54) is 18.3 Å². The van der Waals surface area contributed by atoms with Crippen LogP contribution in [0.15, 0.2) is 30.5 Å². The van der Waals surface area contributed by atoms with Gasteiger partial charge in [0.1, 0.15) is 18.2 Å². The minimum atomic E-state index is -0.314. The summed E-state index contributed by atoms with van der Waals surface area (Å²) in [5.74, 6) is 0.0389. The number of hydrogen-bond acceptors (Lipinski definition) is 4. The number of nitrogens with zero attached hydrogens (tertiary/aromatic N) is 1. The number of pyridine rings is 1. The number of hydrogen-bond donors (Lipinski definition) is 2. The van der Waals surface area contributed by atoms with Crippen LogP contribution in [0.25, 0.3) is 0 Å². The first kappa shape index (κ1) is 13.1. The summed E-state index contributed by atoms with van der Waals surface area (Å²) in [6, 6.07) is 6.27. The maximum absolute atomic E-state index is 13.7. The fourth-order valence-corrected chi connectivity index (χ4v) is 1.81. The Kier molecular flexibility index (Phi) is 3.85. The van der Waals surface area contributed by atoms with Crippen molar-refractivity contribution in [3.05, 3.63) is 47.4 Å². The Balaban J connectivity index is 2.21. The van der Waals surface area contributed by atoms with Crippen molar-refractivity contribution < 1.29 is 14.2 Å². The largest absolute Gasteiger partial charge is 0.506 e. The van der Waals surface area contributed by atoms with Crippen LogP contribution in [0.3, 0.4) is 0 Å². The molecule has 3 N–H and O–H groups in total. The molecule has 100 valence electrons. The third kappa shape index (κ3) is 2.93. The number of aromatic nitrogens is 1. The fourth-order valence-electron chi connectivity index (χ4n) is 1.81. The molecule has 0 aliphatic heterocycles. The molecule has 0 fully saturated rings. The lowest BCUT2D eigenvalue weighted by atomic mass is 10.1. The predicted molar refractivity (Wildman–Crippen MR) is 70.4 cm³/mol. The molecule has 19 heavy (non-hydrogen) atoms. The summed E-state index contributed by atoms with van der Waals surface area (Å²) in [5.41, 5.74) is 7.00. The van der Waals surface area contributed by atoms with Crippen LogP contribution in [0.5, 0.6) is 11.5 Å². The summed E-state index contributed by atoms with van der Waals surface area (Å²) in [6.07, 6.45) is 1.94. The Labute approximate surface area is 110 Å². The van der Waals surface area contributed by atoms with Crippen molar-refractivity contribution in [3.8, 4) is 11.5 Å². The van der Waals surface area contributed by atoms with Gasteiger partial charge in [-0.3, -0.25) is 0 Å². The minimum Gasteiger partial charge on any atom is -0.506 e. The molecule has 1 aromatic heterocycles. The van der Waals surface area contributed by atoms with Gasteiger partial charge in [0.05, 0.1) is 6.20 Å². The number of ether oxygens (including phenoxy) is 1. The van der Waals surface area contributed by atoms with Crippen LogP contribution in [-0.4, -0.2) is 10.1 Å². The van der Waals surface area contributed by atoms with Crippen LogP contribution in [0, 0.1) is 5.82 Å². The quantitative estimate of drug-likeness (QED) is 0.888. The van der Waals surface area contributed by atoms with Gasteiger partial charge in [0, 0.05) is 11.6 Å². The summed E-state index contributed by atoms with van der Waals surface area (Å²) in [5, 5.41) is 9.32. The second-order valence-electron chi connectivity index (χ2n) is 4.10. The standard InChI is InChI=1S/C14H15FN2O2/c1-2-9-4-3-5-12(15)11(9)8-19-13-6-10(18)7-17-14(13)16/h3-7,18H,2,8H2,1H3,(H2,16,17). The molecular formula is C14H15FN2O2. The van der Waals surface area contributed by atoms with Crippen molar-refractivity contribution in [2.24, 2.45) is 0 Å². The molecule has 0 radical (unpaired) electrons. The SMILES string of the molecule is CCc1cccc(F)c1COc1cc(O)cnc1N. The molecule has 1 aromatic carbocycles. The summed E-state index contributed by atoms with van der Waals surface area (Å²) >= 11 is 0. The van der Waals surface area contributed by atoms with Gasteiger partial charge in [-0.05, 0) is 18.1 Å². The van der Waals surface area contributed by atoms with Crippen molar-refractivity contribution in [2.75, 3.05) is 5.73 Å². The molecule has 0 aliphatic rings. The summed E-state index contributed by atoms with van der Waals surface area (Å²) < 4.78 is 19.2. The molecule has 0 unspecified atom stereocenters. The summed E-state index contributed by atoms with van der Waals surface area (Å²) in [6.45, 7) is 1.99. The molecule has 1 heterocycles. The topological polar surface area (TPSA) is 68.4 Å². The molecule has 0 aliphatic carbocycles. The lowest BCUT2D eigenvalue weighted by molar-refractivity contribution is 0.297. The zero-order valence-electron chi connectivity index (χ0n) is 10.6. The molecular weight excluding hydrogens is 247 g/mol. The van der Waals surface area contributed by atoms with Gasteiger partial charge in [-0.15, -0.1) is 0 Å². The van der Waals surface area contributed by atoms with E-state index in [0.717, 1.165) is 5.56 Å².